The van der Waals surface area contributed by atoms with Crippen LogP contribution < -0.4 is 4.90 Å². The molecule has 1 fully saturated rings. The Morgan fingerprint density at radius 3 is 2.82 bits per heavy atom. The standard InChI is InChI=1S/C13H21N3O/c1-10(2)11-7-12(15-9-14-11)16-6-4-5-13(3,17)8-16/h7,9-10,17H,4-6,8H2,1-3H3. The number of nitrogens with zero attached hydrogens (tertiary/aromatic N) is 3. The lowest BCUT2D eigenvalue weighted by Gasteiger charge is -2.37. The third kappa shape index (κ3) is 2.94. The van der Waals surface area contributed by atoms with Crippen LogP contribution in [0.1, 0.15) is 45.2 Å². The van der Waals surface area contributed by atoms with Gasteiger partial charge in [-0.2, -0.15) is 0 Å². The van der Waals surface area contributed by atoms with Crippen LogP contribution in [0.5, 0.6) is 0 Å². The van der Waals surface area contributed by atoms with Crippen molar-refractivity contribution in [3.63, 3.8) is 0 Å². The molecule has 1 aliphatic rings. The van der Waals surface area contributed by atoms with Gasteiger partial charge in [0.15, 0.2) is 0 Å². The van der Waals surface area contributed by atoms with E-state index in [1.807, 2.05) is 13.0 Å². The summed E-state index contributed by atoms with van der Waals surface area (Å²) < 4.78 is 0. The molecular formula is C13H21N3O. The molecule has 0 radical (unpaired) electrons. The van der Waals surface area contributed by atoms with Crippen molar-refractivity contribution in [3.05, 3.63) is 18.1 Å². The summed E-state index contributed by atoms with van der Waals surface area (Å²) in [5.74, 6) is 1.34. The molecule has 1 saturated heterocycles. The summed E-state index contributed by atoms with van der Waals surface area (Å²) in [4.78, 5) is 10.7. The monoisotopic (exact) mass is 235 g/mol. The normalized spacial score (nSPS) is 25.4. The first-order chi connectivity index (χ1) is 7.98. The van der Waals surface area contributed by atoms with E-state index < -0.39 is 5.60 Å². The van der Waals surface area contributed by atoms with Gasteiger partial charge in [0.1, 0.15) is 12.1 Å². The van der Waals surface area contributed by atoms with E-state index in [0.717, 1.165) is 30.9 Å². The quantitative estimate of drug-likeness (QED) is 0.851. The number of rotatable bonds is 2. The second-order valence-electron chi connectivity index (χ2n) is 5.48. The number of anilines is 1. The summed E-state index contributed by atoms with van der Waals surface area (Å²) in [6.07, 6.45) is 3.49. The zero-order valence-corrected chi connectivity index (χ0v) is 10.8. The number of piperidine rings is 1. The first-order valence-electron chi connectivity index (χ1n) is 6.27. The molecule has 0 spiro atoms. The molecule has 17 heavy (non-hydrogen) atoms. The summed E-state index contributed by atoms with van der Waals surface area (Å²) >= 11 is 0. The average Bonchev–Trinajstić information content (AvgIpc) is 2.28. The van der Waals surface area contributed by atoms with E-state index >= 15 is 0 Å². The van der Waals surface area contributed by atoms with Crippen molar-refractivity contribution in [2.24, 2.45) is 0 Å². The van der Waals surface area contributed by atoms with Crippen LogP contribution in [0.2, 0.25) is 0 Å². The summed E-state index contributed by atoms with van der Waals surface area (Å²) in [6.45, 7) is 7.76. The SMILES string of the molecule is CC(C)c1cc(N2CCCC(C)(O)C2)ncn1. The highest BCUT2D eigenvalue weighted by molar-refractivity contribution is 5.40. The van der Waals surface area contributed by atoms with Crippen LogP contribution in [0.25, 0.3) is 0 Å². The van der Waals surface area contributed by atoms with E-state index in [-0.39, 0.29) is 0 Å². The fourth-order valence-electron chi connectivity index (χ4n) is 2.27. The Morgan fingerprint density at radius 2 is 2.18 bits per heavy atom. The topological polar surface area (TPSA) is 49.2 Å². The van der Waals surface area contributed by atoms with Gasteiger partial charge in [-0.25, -0.2) is 9.97 Å². The van der Waals surface area contributed by atoms with Crippen LogP contribution in [-0.4, -0.2) is 33.8 Å². The van der Waals surface area contributed by atoms with Crippen molar-refractivity contribution < 1.29 is 5.11 Å². The van der Waals surface area contributed by atoms with Crippen molar-refractivity contribution >= 4 is 5.82 Å². The number of aromatic nitrogens is 2. The lowest BCUT2D eigenvalue weighted by atomic mass is 9.95. The lowest BCUT2D eigenvalue weighted by molar-refractivity contribution is 0.0447. The van der Waals surface area contributed by atoms with Crippen LogP contribution in [-0.2, 0) is 0 Å². The van der Waals surface area contributed by atoms with E-state index in [0.29, 0.717) is 12.5 Å². The fraction of sp³-hybridized carbons (Fsp3) is 0.692. The van der Waals surface area contributed by atoms with Crippen LogP contribution in [0, 0.1) is 0 Å². The van der Waals surface area contributed by atoms with Gasteiger partial charge in [0.2, 0.25) is 0 Å². The minimum absolute atomic E-state index is 0.405. The predicted octanol–water partition coefficient (Wildman–Crippen LogP) is 1.95. The van der Waals surface area contributed by atoms with E-state index in [9.17, 15) is 5.11 Å². The van der Waals surface area contributed by atoms with Crippen LogP contribution in [0.3, 0.4) is 0 Å². The van der Waals surface area contributed by atoms with E-state index in [1.165, 1.54) is 0 Å². The van der Waals surface area contributed by atoms with Gasteiger partial charge >= 0.3 is 0 Å². The molecule has 1 unspecified atom stereocenters. The summed E-state index contributed by atoms with van der Waals surface area (Å²) in [5, 5.41) is 10.1. The molecule has 94 valence electrons. The first kappa shape index (κ1) is 12.3. The molecule has 0 bridgehead atoms. The minimum atomic E-state index is -0.596. The Bertz CT molecular complexity index is 390. The average molecular weight is 235 g/mol. The largest absolute Gasteiger partial charge is 0.388 e. The number of aliphatic hydroxyl groups is 1. The molecular weight excluding hydrogens is 214 g/mol. The van der Waals surface area contributed by atoms with E-state index in [2.05, 4.69) is 28.7 Å². The molecule has 1 aliphatic heterocycles. The third-order valence-corrected chi connectivity index (χ3v) is 3.26. The molecule has 0 aliphatic carbocycles. The van der Waals surface area contributed by atoms with Gasteiger partial charge < -0.3 is 10.0 Å². The smallest absolute Gasteiger partial charge is 0.132 e. The molecule has 0 aromatic carbocycles. The Kier molecular flexibility index (Phi) is 3.33. The van der Waals surface area contributed by atoms with Crippen LogP contribution in [0.4, 0.5) is 5.82 Å². The maximum absolute atomic E-state index is 10.1. The maximum Gasteiger partial charge on any atom is 0.132 e. The Balaban J connectivity index is 2.19. The maximum atomic E-state index is 10.1. The highest BCUT2D eigenvalue weighted by Crippen LogP contribution is 2.25. The highest BCUT2D eigenvalue weighted by atomic mass is 16.3. The Morgan fingerprint density at radius 1 is 1.41 bits per heavy atom. The molecule has 1 N–H and O–H groups in total. The van der Waals surface area contributed by atoms with Gasteiger partial charge in [0.25, 0.3) is 0 Å². The van der Waals surface area contributed by atoms with Crippen molar-refractivity contribution in [1.82, 2.24) is 9.97 Å². The van der Waals surface area contributed by atoms with Gasteiger partial charge in [-0.15, -0.1) is 0 Å². The fourth-order valence-corrected chi connectivity index (χ4v) is 2.27. The first-order valence-corrected chi connectivity index (χ1v) is 6.27. The summed E-state index contributed by atoms with van der Waals surface area (Å²) in [7, 11) is 0. The molecule has 0 amide bonds. The van der Waals surface area contributed by atoms with E-state index in [1.54, 1.807) is 6.33 Å². The molecule has 1 atom stereocenters. The Labute approximate surface area is 103 Å². The second-order valence-corrected chi connectivity index (χ2v) is 5.48. The van der Waals surface area contributed by atoms with Crippen LogP contribution >= 0.6 is 0 Å². The molecule has 1 aromatic rings. The van der Waals surface area contributed by atoms with Crippen molar-refractivity contribution in [3.8, 4) is 0 Å². The second kappa shape index (κ2) is 4.61. The van der Waals surface area contributed by atoms with Crippen molar-refractivity contribution in [2.75, 3.05) is 18.0 Å². The molecule has 4 heteroatoms. The Hall–Kier alpha value is -1.16. The van der Waals surface area contributed by atoms with Crippen molar-refractivity contribution in [1.29, 1.82) is 0 Å². The van der Waals surface area contributed by atoms with Crippen LogP contribution in [0.15, 0.2) is 12.4 Å². The van der Waals surface area contributed by atoms with Gasteiger partial charge in [0, 0.05) is 24.8 Å². The minimum Gasteiger partial charge on any atom is -0.388 e. The zero-order valence-electron chi connectivity index (χ0n) is 10.8. The third-order valence-electron chi connectivity index (χ3n) is 3.26. The predicted molar refractivity (Wildman–Crippen MR) is 68.2 cm³/mol. The van der Waals surface area contributed by atoms with Gasteiger partial charge in [-0.1, -0.05) is 13.8 Å². The van der Waals surface area contributed by atoms with Gasteiger partial charge in [-0.3, -0.25) is 0 Å². The van der Waals surface area contributed by atoms with Crippen molar-refractivity contribution in [2.45, 2.75) is 45.1 Å². The molecule has 2 rings (SSSR count). The zero-order chi connectivity index (χ0) is 12.5. The molecule has 4 nitrogen and oxygen atoms in total. The molecule has 2 heterocycles. The lowest BCUT2D eigenvalue weighted by Crippen LogP contribution is -2.46. The summed E-state index contributed by atoms with van der Waals surface area (Å²) in [6, 6.07) is 2.03. The van der Waals surface area contributed by atoms with Gasteiger partial charge in [-0.05, 0) is 25.7 Å². The van der Waals surface area contributed by atoms with Gasteiger partial charge in [0.05, 0.1) is 5.60 Å². The molecule has 1 aromatic heterocycles. The van der Waals surface area contributed by atoms with E-state index in [4.69, 9.17) is 0 Å². The number of hydrogen-bond acceptors (Lipinski definition) is 4. The highest BCUT2D eigenvalue weighted by Gasteiger charge is 2.29. The molecule has 0 saturated carbocycles. The number of β-amino-alcohol motifs (C(OH)–C–C–N with tert-alkyl or cyclic N) is 1. The summed E-state index contributed by atoms with van der Waals surface area (Å²) in [5.41, 5.74) is 0.460. The number of hydrogen-bond donors (Lipinski definition) is 1.